The van der Waals surface area contributed by atoms with Crippen LogP contribution in [0.3, 0.4) is 0 Å². The molecular formula is C25H21ClN6. The Morgan fingerprint density at radius 2 is 1.91 bits per heavy atom. The van der Waals surface area contributed by atoms with Crippen molar-refractivity contribution in [1.29, 1.82) is 5.26 Å². The van der Waals surface area contributed by atoms with Crippen LogP contribution in [0.4, 0.5) is 0 Å². The first-order chi connectivity index (χ1) is 15.7. The fourth-order valence-electron chi connectivity index (χ4n) is 4.05. The minimum absolute atomic E-state index is 0.474. The largest absolute Gasteiger partial charge is 0.310 e. The highest BCUT2D eigenvalue weighted by molar-refractivity contribution is 6.30. The van der Waals surface area contributed by atoms with E-state index < -0.39 is 0 Å². The molecule has 158 valence electrons. The van der Waals surface area contributed by atoms with Crippen LogP contribution in [0.25, 0.3) is 28.6 Å². The number of hydrogen-bond acceptors (Lipinski definition) is 4. The van der Waals surface area contributed by atoms with Gasteiger partial charge in [-0.3, -0.25) is 0 Å². The van der Waals surface area contributed by atoms with E-state index in [1.807, 2.05) is 71.6 Å². The van der Waals surface area contributed by atoms with Crippen LogP contribution < -0.4 is 0 Å². The van der Waals surface area contributed by atoms with Crippen molar-refractivity contribution in [3.8, 4) is 23.0 Å². The lowest BCUT2D eigenvalue weighted by molar-refractivity contribution is 0.627. The maximum Gasteiger partial charge on any atom is 0.174 e. The van der Waals surface area contributed by atoms with Crippen molar-refractivity contribution in [3.63, 3.8) is 0 Å². The van der Waals surface area contributed by atoms with Gasteiger partial charge in [-0.1, -0.05) is 48.4 Å². The zero-order valence-corrected chi connectivity index (χ0v) is 18.2. The molecule has 7 heteroatoms. The summed E-state index contributed by atoms with van der Waals surface area (Å²) in [5, 5.41) is 24.2. The molecule has 0 bridgehead atoms. The van der Waals surface area contributed by atoms with Crippen molar-refractivity contribution in [2.24, 2.45) is 0 Å². The number of benzene rings is 2. The Morgan fingerprint density at radius 3 is 2.72 bits per heavy atom. The molecule has 2 aromatic heterocycles. The molecule has 0 saturated carbocycles. The number of rotatable bonds is 4. The van der Waals surface area contributed by atoms with Gasteiger partial charge >= 0.3 is 0 Å². The number of hydrogen-bond donors (Lipinski definition) is 0. The molecule has 0 spiro atoms. The van der Waals surface area contributed by atoms with Crippen LogP contribution in [-0.4, -0.2) is 24.5 Å². The maximum absolute atomic E-state index is 10.0. The monoisotopic (exact) mass is 440 g/mol. The molecule has 4 aromatic rings. The normalized spacial score (nSPS) is 13.9. The first kappa shape index (κ1) is 20.2. The summed E-state index contributed by atoms with van der Waals surface area (Å²) < 4.78 is 3.91. The van der Waals surface area contributed by atoms with Crippen LogP contribution >= 0.6 is 11.6 Å². The highest BCUT2D eigenvalue weighted by Crippen LogP contribution is 2.29. The molecule has 0 radical (unpaired) electrons. The summed E-state index contributed by atoms with van der Waals surface area (Å²) in [6, 6.07) is 19.8. The lowest BCUT2D eigenvalue weighted by Crippen LogP contribution is -2.05. The van der Waals surface area contributed by atoms with E-state index in [0.717, 1.165) is 60.6 Å². The average molecular weight is 441 g/mol. The molecule has 6 nitrogen and oxygen atoms in total. The predicted octanol–water partition coefficient (Wildman–Crippen LogP) is 5.57. The van der Waals surface area contributed by atoms with Gasteiger partial charge < -0.3 is 4.57 Å². The molecule has 0 fully saturated rings. The number of fused-ring (bicyclic) bond motifs is 1. The van der Waals surface area contributed by atoms with Crippen molar-refractivity contribution in [3.05, 3.63) is 83.0 Å². The standard InChI is InChI=1S/C25H21ClN6/c26-21-9-7-8-18(15-21)24-20(17-32(30-24)22-10-3-1-4-11-22)14-19(16-27)25-29-28-23-12-5-2-6-13-31(23)25/h1,3-4,7-11,14-15,17H,2,5-6,12-13H2/b19-14+. The highest BCUT2D eigenvalue weighted by atomic mass is 35.5. The number of allylic oxidation sites excluding steroid dienone is 1. The molecular weight excluding hydrogens is 420 g/mol. The number of halogens is 1. The topological polar surface area (TPSA) is 72.3 Å². The maximum atomic E-state index is 10.0. The Morgan fingerprint density at radius 1 is 1.03 bits per heavy atom. The van der Waals surface area contributed by atoms with E-state index in [1.54, 1.807) is 0 Å². The zero-order valence-electron chi connectivity index (χ0n) is 17.4. The van der Waals surface area contributed by atoms with Gasteiger partial charge in [-0.15, -0.1) is 10.2 Å². The van der Waals surface area contributed by atoms with Crippen molar-refractivity contribution in [1.82, 2.24) is 24.5 Å². The molecule has 32 heavy (non-hydrogen) atoms. The Balaban J connectivity index is 1.65. The number of aromatic nitrogens is 5. The van der Waals surface area contributed by atoms with Crippen molar-refractivity contribution in [2.75, 3.05) is 0 Å². The van der Waals surface area contributed by atoms with Crippen molar-refractivity contribution in [2.45, 2.75) is 32.2 Å². The summed E-state index contributed by atoms with van der Waals surface area (Å²) in [6.45, 7) is 0.834. The average Bonchev–Trinajstić information content (AvgIpc) is 3.35. The lowest BCUT2D eigenvalue weighted by Gasteiger charge is -2.06. The SMILES string of the molecule is N#C/C(=C\c1cn(-c2ccccc2)nc1-c1cccc(Cl)c1)c1nnc2n1CCCCC2. The Labute approximate surface area is 191 Å². The van der Waals surface area contributed by atoms with Crippen LogP contribution in [0.15, 0.2) is 60.8 Å². The fraction of sp³-hybridized carbons (Fsp3) is 0.200. The van der Waals surface area contributed by atoms with E-state index in [-0.39, 0.29) is 0 Å². The predicted molar refractivity (Wildman–Crippen MR) is 125 cm³/mol. The summed E-state index contributed by atoms with van der Waals surface area (Å²) >= 11 is 6.26. The van der Waals surface area contributed by atoms with Gasteiger partial charge in [-0.2, -0.15) is 10.4 Å². The summed E-state index contributed by atoms with van der Waals surface area (Å²) in [6.07, 6.45) is 8.01. The zero-order chi connectivity index (χ0) is 21.9. The first-order valence-electron chi connectivity index (χ1n) is 10.7. The minimum Gasteiger partial charge on any atom is -0.310 e. The second-order valence-electron chi connectivity index (χ2n) is 7.80. The Kier molecular flexibility index (Phi) is 5.57. The van der Waals surface area contributed by atoms with Gasteiger partial charge in [0.15, 0.2) is 5.82 Å². The van der Waals surface area contributed by atoms with Crippen LogP contribution in [0, 0.1) is 11.3 Å². The van der Waals surface area contributed by atoms with Crippen LogP contribution in [0.1, 0.15) is 36.5 Å². The van der Waals surface area contributed by atoms with E-state index in [0.29, 0.717) is 16.4 Å². The molecule has 0 aliphatic carbocycles. The molecule has 0 N–H and O–H groups in total. The summed E-state index contributed by atoms with van der Waals surface area (Å²) in [7, 11) is 0. The Hall–Kier alpha value is -3.69. The third kappa shape index (κ3) is 3.95. The molecule has 0 atom stereocenters. The van der Waals surface area contributed by atoms with E-state index in [9.17, 15) is 5.26 Å². The summed E-state index contributed by atoms with van der Waals surface area (Å²) in [4.78, 5) is 0. The minimum atomic E-state index is 0.474. The smallest absolute Gasteiger partial charge is 0.174 e. The number of para-hydroxylation sites is 1. The van der Waals surface area contributed by atoms with Gasteiger partial charge in [0.2, 0.25) is 0 Å². The van der Waals surface area contributed by atoms with Crippen LogP contribution in [0.5, 0.6) is 0 Å². The quantitative estimate of drug-likeness (QED) is 0.388. The van der Waals surface area contributed by atoms with Crippen LogP contribution in [0.2, 0.25) is 5.02 Å². The molecule has 0 amide bonds. The summed E-state index contributed by atoms with van der Waals surface area (Å²) in [5.74, 6) is 1.57. The van der Waals surface area contributed by atoms with E-state index in [4.69, 9.17) is 16.7 Å². The second kappa shape index (κ2) is 8.81. The molecule has 2 aromatic carbocycles. The molecule has 1 aliphatic rings. The third-order valence-corrected chi connectivity index (χ3v) is 5.87. The lowest BCUT2D eigenvalue weighted by atomic mass is 10.1. The molecule has 0 saturated heterocycles. The fourth-order valence-corrected chi connectivity index (χ4v) is 4.24. The first-order valence-corrected chi connectivity index (χ1v) is 11.1. The van der Waals surface area contributed by atoms with Crippen LogP contribution in [-0.2, 0) is 13.0 Å². The van der Waals surface area contributed by atoms with Gasteiger partial charge in [-0.05, 0) is 43.2 Å². The van der Waals surface area contributed by atoms with E-state index >= 15 is 0 Å². The highest BCUT2D eigenvalue weighted by Gasteiger charge is 2.19. The molecule has 1 aliphatic heterocycles. The molecule has 3 heterocycles. The van der Waals surface area contributed by atoms with Crippen molar-refractivity contribution >= 4 is 23.3 Å². The number of nitrogens with zero attached hydrogens (tertiary/aromatic N) is 6. The Bertz CT molecular complexity index is 1330. The van der Waals surface area contributed by atoms with E-state index in [2.05, 4.69) is 20.8 Å². The van der Waals surface area contributed by atoms with E-state index in [1.165, 1.54) is 0 Å². The van der Waals surface area contributed by atoms with Gasteiger partial charge in [0, 0.05) is 35.3 Å². The molecule has 0 unspecified atom stereocenters. The van der Waals surface area contributed by atoms with Gasteiger partial charge in [-0.25, -0.2) is 4.68 Å². The molecule has 5 rings (SSSR count). The van der Waals surface area contributed by atoms with Gasteiger partial charge in [0.1, 0.15) is 17.6 Å². The number of nitriles is 1. The van der Waals surface area contributed by atoms with Crippen molar-refractivity contribution < 1.29 is 0 Å². The third-order valence-electron chi connectivity index (χ3n) is 5.63. The second-order valence-corrected chi connectivity index (χ2v) is 8.23. The van der Waals surface area contributed by atoms with Gasteiger partial charge in [0.05, 0.1) is 11.3 Å². The summed E-state index contributed by atoms with van der Waals surface area (Å²) in [5.41, 5.74) is 3.86. The van der Waals surface area contributed by atoms with Gasteiger partial charge in [0.25, 0.3) is 0 Å². The number of aryl methyl sites for hydroxylation is 1.